The van der Waals surface area contributed by atoms with Gasteiger partial charge < -0.3 is 14.6 Å². The van der Waals surface area contributed by atoms with E-state index in [0.29, 0.717) is 6.42 Å². The number of benzene rings is 2. The molecule has 4 heteroatoms. The van der Waals surface area contributed by atoms with Crippen LogP contribution in [0.1, 0.15) is 17.2 Å². The summed E-state index contributed by atoms with van der Waals surface area (Å²) in [7, 11) is 1.59. The Morgan fingerprint density at radius 3 is 2.30 bits per heavy atom. The molecule has 104 valence electrons. The highest BCUT2D eigenvalue weighted by Gasteiger charge is 2.17. The molecule has 0 bridgehead atoms. The Kier molecular flexibility index (Phi) is 4.60. The predicted octanol–water partition coefficient (Wildman–Crippen LogP) is 3.67. The molecule has 0 fully saturated rings. The number of carboxylic acid groups (broad SMARTS) is 1. The Balaban J connectivity index is 2.19. The molecule has 0 aliphatic carbocycles. The van der Waals surface area contributed by atoms with Gasteiger partial charge in [-0.3, -0.25) is 0 Å². The zero-order valence-corrected chi connectivity index (χ0v) is 11.2. The van der Waals surface area contributed by atoms with Crippen LogP contribution in [-0.2, 0) is 11.2 Å². The highest BCUT2D eigenvalue weighted by atomic mass is 16.7. The van der Waals surface area contributed by atoms with Crippen LogP contribution < -0.4 is 4.74 Å². The van der Waals surface area contributed by atoms with Crippen molar-refractivity contribution < 1.29 is 19.4 Å². The van der Waals surface area contributed by atoms with E-state index in [1.807, 2.05) is 42.5 Å². The third-order valence-electron chi connectivity index (χ3n) is 2.99. The third-order valence-corrected chi connectivity index (χ3v) is 2.99. The molecule has 0 saturated carbocycles. The van der Waals surface area contributed by atoms with Gasteiger partial charge in [-0.1, -0.05) is 42.5 Å². The number of rotatable bonds is 5. The lowest BCUT2D eigenvalue weighted by molar-refractivity contribution is 0.0513. The lowest BCUT2D eigenvalue weighted by atomic mass is 10.0. The molecule has 0 heterocycles. The van der Waals surface area contributed by atoms with Crippen LogP contribution in [0.4, 0.5) is 4.79 Å². The summed E-state index contributed by atoms with van der Waals surface area (Å²) in [4.78, 5) is 10.8. The lowest BCUT2D eigenvalue weighted by Crippen LogP contribution is -2.12. The van der Waals surface area contributed by atoms with Gasteiger partial charge in [-0.2, -0.15) is 0 Å². The van der Waals surface area contributed by atoms with Gasteiger partial charge in [0.05, 0.1) is 7.11 Å². The van der Waals surface area contributed by atoms with Crippen molar-refractivity contribution in [1.82, 2.24) is 0 Å². The van der Waals surface area contributed by atoms with Crippen LogP contribution in [0.15, 0.2) is 54.6 Å². The van der Waals surface area contributed by atoms with Crippen molar-refractivity contribution in [3.05, 3.63) is 65.7 Å². The molecule has 2 rings (SSSR count). The minimum absolute atomic E-state index is 0.499. The van der Waals surface area contributed by atoms with Gasteiger partial charge in [0, 0.05) is 6.42 Å². The highest BCUT2D eigenvalue weighted by Crippen LogP contribution is 2.24. The normalized spacial score (nSPS) is 11.7. The second kappa shape index (κ2) is 6.61. The Bertz CT molecular complexity index is 548. The van der Waals surface area contributed by atoms with E-state index in [-0.39, 0.29) is 0 Å². The molecule has 1 N–H and O–H groups in total. The first-order valence-electron chi connectivity index (χ1n) is 6.26. The third kappa shape index (κ3) is 3.75. The molecule has 1 atom stereocenters. The van der Waals surface area contributed by atoms with E-state index in [2.05, 4.69) is 0 Å². The van der Waals surface area contributed by atoms with Gasteiger partial charge in [-0.25, -0.2) is 4.79 Å². The van der Waals surface area contributed by atoms with E-state index in [1.54, 1.807) is 19.2 Å². The summed E-state index contributed by atoms with van der Waals surface area (Å²) in [5.74, 6) is 0.725. The summed E-state index contributed by atoms with van der Waals surface area (Å²) in [6.45, 7) is 0. The van der Waals surface area contributed by atoms with E-state index >= 15 is 0 Å². The zero-order valence-electron chi connectivity index (χ0n) is 11.2. The van der Waals surface area contributed by atoms with E-state index < -0.39 is 12.3 Å². The van der Waals surface area contributed by atoms with Crippen LogP contribution in [0, 0.1) is 0 Å². The molecule has 0 aliphatic heterocycles. The quantitative estimate of drug-likeness (QED) is 0.844. The standard InChI is InChI=1S/C16H16O4/c1-19-14-9-7-13(8-10-14)15(20-16(17)18)11-12-5-3-2-4-6-12/h2-10,15H,11H2,1H3,(H,17,18). The molecule has 1 unspecified atom stereocenters. The van der Waals surface area contributed by atoms with Crippen LogP contribution in [-0.4, -0.2) is 18.4 Å². The van der Waals surface area contributed by atoms with Crippen LogP contribution >= 0.6 is 0 Å². The van der Waals surface area contributed by atoms with E-state index in [4.69, 9.17) is 14.6 Å². The summed E-state index contributed by atoms with van der Waals surface area (Å²) in [5, 5.41) is 8.88. The van der Waals surface area contributed by atoms with Gasteiger partial charge in [0.15, 0.2) is 0 Å². The first-order valence-corrected chi connectivity index (χ1v) is 6.26. The molecule has 0 spiro atoms. The maximum atomic E-state index is 10.8. The van der Waals surface area contributed by atoms with Crippen molar-refractivity contribution in [2.24, 2.45) is 0 Å². The summed E-state index contributed by atoms with van der Waals surface area (Å²) in [6, 6.07) is 16.9. The molecule has 2 aromatic carbocycles. The smallest absolute Gasteiger partial charge is 0.497 e. The SMILES string of the molecule is COc1ccc(C(Cc2ccccc2)OC(=O)O)cc1. The molecule has 0 aromatic heterocycles. The number of hydrogen-bond donors (Lipinski definition) is 1. The molecule has 4 nitrogen and oxygen atoms in total. The second-order valence-electron chi connectivity index (χ2n) is 4.34. The first kappa shape index (κ1) is 13.9. The average Bonchev–Trinajstić information content (AvgIpc) is 2.47. The van der Waals surface area contributed by atoms with E-state index in [0.717, 1.165) is 16.9 Å². The Hall–Kier alpha value is -2.49. The highest BCUT2D eigenvalue weighted by molar-refractivity contribution is 5.57. The van der Waals surface area contributed by atoms with Crippen molar-refractivity contribution in [2.75, 3.05) is 7.11 Å². The van der Waals surface area contributed by atoms with E-state index in [9.17, 15) is 4.79 Å². The summed E-state index contributed by atoms with van der Waals surface area (Å²) in [5.41, 5.74) is 1.83. The number of hydrogen-bond acceptors (Lipinski definition) is 3. The molecule has 20 heavy (non-hydrogen) atoms. The molecule has 0 amide bonds. The van der Waals surface area contributed by atoms with Gasteiger partial charge in [0.25, 0.3) is 0 Å². The number of methoxy groups -OCH3 is 1. The Morgan fingerprint density at radius 1 is 1.10 bits per heavy atom. The summed E-state index contributed by atoms with van der Waals surface area (Å²) in [6.07, 6.45) is -1.30. The van der Waals surface area contributed by atoms with Crippen molar-refractivity contribution in [2.45, 2.75) is 12.5 Å². The molecular weight excluding hydrogens is 256 g/mol. The lowest BCUT2D eigenvalue weighted by Gasteiger charge is -2.17. The maximum absolute atomic E-state index is 10.8. The van der Waals surface area contributed by atoms with Gasteiger partial charge in [0.1, 0.15) is 11.9 Å². The van der Waals surface area contributed by atoms with Gasteiger partial charge in [-0.05, 0) is 23.3 Å². The maximum Gasteiger partial charge on any atom is 0.506 e. The summed E-state index contributed by atoms with van der Waals surface area (Å²) < 4.78 is 10.1. The largest absolute Gasteiger partial charge is 0.506 e. The molecule has 0 saturated heterocycles. The fourth-order valence-electron chi connectivity index (χ4n) is 2.00. The van der Waals surface area contributed by atoms with Crippen molar-refractivity contribution in [3.63, 3.8) is 0 Å². The van der Waals surface area contributed by atoms with Crippen LogP contribution in [0.5, 0.6) is 5.75 Å². The predicted molar refractivity (Wildman–Crippen MR) is 75.0 cm³/mol. The first-order chi connectivity index (χ1) is 9.69. The molecule has 0 radical (unpaired) electrons. The van der Waals surface area contributed by atoms with E-state index in [1.165, 1.54) is 0 Å². The van der Waals surface area contributed by atoms with Crippen LogP contribution in [0.2, 0.25) is 0 Å². The van der Waals surface area contributed by atoms with Crippen LogP contribution in [0.25, 0.3) is 0 Å². The Morgan fingerprint density at radius 2 is 1.75 bits per heavy atom. The summed E-state index contributed by atoms with van der Waals surface area (Å²) >= 11 is 0. The number of ether oxygens (including phenoxy) is 2. The molecule has 2 aromatic rings. The fourth-order valence-corrected chi connectivity index (χ4v) is 2.00. The average molecular weight is 272 g/mol. The second-order valence-corrected chi connectivity index (χ2v) is 4.34. The van der Waals surface area contributed by atoms with Gasteiger partial charge in [0.2, 0.25) is 0 Å². The van der Waals surface area contributed by atoms with Crippen molar-refractivity contribution in [1.29, 1.82) is 0 Å². The minimum atomic E-state index is -1.28. The number of carbonyl (C=O) groups is 1. The van der Waals surface area contributed by atoms with Crippen LogP contribution in [0.3, 0.4) is 0 Å². The van der Waals surface area contributed by atoms with Crippen molar-refractivity contribution >= 4 is 6.16 Å². The monoisotopic (exact) mass is 272 g/mol. The zero-order chi connectivity index (χ0) is 14.4. The molecule has 0 aliphatic rings. The minimum Gasteiger partial charge on any atom is -0.497 e. The fraction of sp³-hybridized carbons (Fsp3) is 0.188. The Labute approximate surface area is 117 Å². The van der Waals surface area contributed by atoms with Crippen molar-refractivity contribution in [3.8, 4) is 5.75 Å². The topological polar surface area (TPSA) is 55.8 Å². The van der Waals surface area contributed by atoms with Gasteiger partial charge >= 0.3 is 6.16 Å². The molecular formula is C16H16O4. The van der Waals surface area contributed by atoms with Gasteiger partial charge in [-0.15, -0.1) is 0 Å².